The Hall–Kier alpha value is -3.13. The zero-order valence-electron chi connectivity index (χ0n) is 28.1. The topological polar surface area (TPSA) is 133 Å². The first kappa shape index (κ1) is 37.1. The summed E-state index contributed by atoms with van der Waals surface area (Å²) < 4.78 is 11.1. The smallest absolute Gasteiger partial charge is 0.407 e. The zero-order valence-corrected chi connectivity index (χ0v) is 29.1. The van der Waals surface area contributed by atoms with Crippen LogP contribution in [-0.4, -0.2) is 55.8 Å². The number of benzene rings is 1. The van der Waals surface area contributed by atoms with E-state index in [1.807, 2.05) is 18.2 Å². The molecule has 0 aliphatic heterocycles. The molecular formula is C34H56N5O4Si+. The number of hydrogen-bond acceptors (Lipinski definition) is 5. The van der Waals surface area contributed by atoms with Crippen molar-refractivity contribution in [1.29, 1.82) is 0 Å². The van der Waals surface area contributed by atoms with Crippen molar-refractivity contribution >= 4 is 20.3 Å². The van der Waals surface area contributed by atoms with Crippen LogP contribution in [-0.2, 0) is 26.8 Å². The van der Waals surface area contributed by atoms with Crippen LogP contribution in [0.2, 0.25) is 18.1 Å². The third kappa shape index (κ3) is 13.7. The summed E-state index contributed by atoms with van der Waals surface area (Å²) in [7, 11) is -1.54. The average molecular weight is 627 g/mol. The van der Waals surface area contributed by atoms with Gasteiger partial charge in [0.2, 0.25) is 0 Å². The molecular weight excluding hydrogens is 570 g/mol. The highest BCUT2D eigenvalue weighted by Crippen LogP contribution is 2.36. The number of quaternary nitrogens is 1. The predicted molar refractivity (Wildman–Crippen MR) is 178 cm³/mol. The van der Waals surface area contributed by atoms with E-state index in [9.17, 15) is 9.59 Å². The van der Waals surface area contributed by atoms with Crippen molar-refractivity contribution in [2.75, 3.05) is 19.8 Å². The Labute approximate surface area is 266 Å². The number of aromatic nitrogens is 2. The van der Waals surface area contributed by atoms with E-state index in [0.717, 1.165) is 36.9 Å². The molecule has 1 heterocycles. The Balaban J connectivity index is 0.000000477. The van der Waals surface area contributed by atoms with Gasteiger partial charge < -0.3 is 25.5 Å². The lowest BCUT2D eigenvalue weighted by atomic mass is 9.98. The number of alkyl carbamates (subject to hydrolysis) is 1. The molecule has 44 heavy (non-hydrogen) atoms. The molecule has 9 nitrogen and oxygen atoms in total. The van der Waals surface area contributed by atoms with Crippen molar-refractivity contribution in [1.82, 2.24) is 20.8 Å². The minimum atomic E-state index is -1.54. The molecule has 0 bridgehead atoms. The van der Waals surface area contributed by atoms with Gasteiger partial charge in [-0.15, -0.1) is 12.3 Å². The van der Waals surface area contributed by atoms with E-state index in [-0.39, 0.29) is 24.6 Å². The molecule has 1 saturated carbocycles. The van der Waals surface area contributed by atoms with Crippen LogP contribution in [0.3, 0.4) is 0 Å². The number of rotatable bonds is 15. The van der Waals surface area contributed by atoms with Gasteiger partial charge in [0.1, 0.15) is 0 Å². The fraction of sp³-hybridized carbons (Fsp3) is 0.618. The molecule has 6 N–H and O–H groups in total. The number of hydrogen-bond donors (Lipinski definition) is 4. The maximum absolute atomic E-state index is 12.7. The predicted octanol–water partition coefficient (Wildman–Crippen LogP) is 5.32. The van der Waals surface area contributed by atoms with E-state index in [4.69, 9.17) is 15.6 Å². The molecule has 0 spiro atoms. The van der Waals surface area contributed by atoms with Crippen molar-refractivity contribution in [3.63, 3.8) is 0 Å². The second kappa shape index (κ2) is 17.4. The van der Waals surface area contributed by atoms with Gasteiger partial charge in [-0.2, -0.15) is 5.10 Å². The highest BCUT2D eigenvalue weighted by Gasteiger charge is 2.36. The van der Waals surface area contributed by atoms with Crippen LogP contribution in [0, 0.1) is 18.3 Å². The third-order valence-electron chi connectivity index (χ3n) is 8.17. The zero-order chi connectivity index (χ0) is 32.8. The van der Waals surface area contributed by atoms with Gasteiger partial charge in [-0.3, -0.25) is 9.89 Å². The molecule has 1 aromatic carbocycles. The molecule has 10 heteroatoms. The number of amides is 2. The Morgan fingerprint density at radius 2 is 1.82 bits per heavy atom. The van der Waals surface area contributed by atoms with Gasteiger partial charge in [0.15, 0.2) is 13.9 Å². The van der Waals surface area contributed by atoms with Crippen LogP contribution in [0.4, 0.5) is 4.79 Å². The molecule has 2 amide bonds. The fourth-order valence-corrected chi connectivity index (χ4v) is 5.10. The molecule has 0 saturated heterocycles. The van der Waals surface area contributed by atoms with Gasteiger partial charge in [0.05, 0.1) is 24.5 Å². The van der Waals surface area contributed by atoms with Crippen molar-refractivity contribution in [3.8, 4) is 12.3 Å². The Morgan fingerprint density at radius 1 is 1.14 bits per heavy atom. The largest absolute Gasteiger partial charge is 0.449 e. The number of nitrogens with zero attached hydrogens (tertiary/aromatic N) is 1. The molecule has 244 valence electrons. The Bertz CT molecular complexity index is 1190. The maximum Gasteiger partial charge on any atom is 0.407 e. The highest BCUT2D eigenvalue weighted by molar-refractivity contribution is 6.74. The normalized spacial score (nSPS) is 14.1. The van der Waals surface area contributed by atoms with Crippen molar-refractivity contribution in [3.05, 3.63) is 53.3 Å². The van der Waals surface area contributed by atoms with Crippen molar-refractivity contribution in [2.45, 2.75) is 109 Å². The first-order chi connectivity index (χ1) is 20.6. The van der Waals surface area contributed by atoms with Crippen molar-refractivity contribution in [2.24, 2.45) is 5.92 Å². The van der Waals surface area contributed by atoms with E-state index in [2.05, 4.69) is 78.5 Å². The minimum absolute atomic E-state index is 0.113. The lowest BCUT2D eigenvalue weighted by Crippen LogP contribution is -2.75. The van der Waals surface area contributed by atoms with Crippen LogP contribution in [0.1, 0.15) is 89.6 Å². The highest BCUT2D eigenvalue weighted by atomic mass is 28.4. The summed E-state index contributed by atoms with van der Waals surface area (Å²) in [5.74, 6) is 3.09. The molecule has 1 unspecified atom stereocenters. The first-order valence-corrected chi connectivity index (χ1v) is 18.8. The van der Waals surface area contributed by atoms with Gasteiger partial charge in [0, 0.05) is 26.0 Å². The van der Waals surface area contributed by atoms with Crippen LogP contribution in [0.25, 0.3) is 0 Å². The quantitative estimate of drug-likeness (QED) is 0.121. The number of aromatic amines is 1. The summed E-state index contributed by atoms with van der Waals surface area (Å²) in [4.78, 5) is 24.5. The molecule has 1 aliphatic carbocycles. The van der Waals surface area contributed by atoms with Crippen LogP contribution >= 0.6 is 0 Å². The number of carbonyl (C=O) groups excluding carboxylic acids is 2. The Kier molecular flexibility index (Phi) is 14.6. The third-order valence-corrected chi connectivity index (χ3v) is 12.7. The summed E-state index contributed by atoms with van der Waals surface area (Å²) >= 11 is 0. The van der Waals surface area contributed by atoms with Gasteiger partial charge >= 0.3 is 6.09 Å². The van der Waals surface area contributed by atoms with Crippen LogP contribution < -0.4 is 16.4 Å². The second-order valence-corrected chi connectivity index (χ2v) is 18.7. The molecule has 1 fully saturated rings. The number of terminal acetylenes is 1. The SMILES string of the molecule is C#CCCO[Si](C)(C)C(C)(C)C.CC(C)([NH3+])C(=O)NC(CCCc1ccccc1)c1[nH]ncc1CCOC(=O)NCC1CC1. The average Bonchev–Trinajstić information content (AvgIpc) is 3.67. The standard InChI is InChI=1S/C24H35N5O3.C10H20OSi/c1-24(2,25)22(30)28-20(10-6-9-17-7-4-3-5-8-17)21-19(16-27-29-21)13-14-32-23(31)26-15-18-11-12-18;1-7-8-9-11-12(5,6)10(2,3)4/h3-5,7-8,16,18,20H,6,9-15,25H2,1-2H3,(H,26,31)(H,27,29)(H,28,30);1H,8-9H2,2-6H3/p+1. The summed E-state index contributed by atoms with van der Waals surface area (Å²) in [5.41, 5.74) is 6.29. The Morgan fingerprint density at radius 3 is 2.41 bits per heavy atom. The molecule has 1 atom stereocenters. The van der Waals surface area contributed by atoms with E-state index in [0.29, 0.717) is 30.5 Å². The fourth-order valence-electron chi connectivity index (χ4n) is 4.06. The lowest BCUT2D eigenvalue weighted by Gasteiger charge is -2.35. The number of H-pyrrole nitrogens is 1. The molecule has 2 aromatic rings. The number of ether oxygens (including phenoxy) is 1. The van der Waals surface area contributed by atoms with Crippen LogP contribution in [0.15, 0.2) is 36.5 Å². The van der Waals surface area contributed by atoms with E-state index >= 15 is 0 Å². The molecule has 0 radical (unpaired) electrons. The van der Waals surface area contributed by atoms with E-state index in [1.54, 1.807) is 20.0 Å². The molecule has 1 aliphatic rings. The van der Waals surface area contributed by atoms with E-state index < -0.39 is 13.9 Å². The van der Waals surface area contributed by atoms with Crippen LogP contribution in [0.5, 0.6) is 0 Å². The van der Waals surface area contributed by atoms with Crippen molar-refractivity contribution < 1.29 is 24.5 Å². The van der Waals surface area contributed by atoms with Gasteiger partial charge in [0.25, 0.3) is 5.91 Å². The lowest BCUT2D eigenvalue weighted by molar-refractivity contribution is -0.446. The summed E-state index contributed by atoms with van der Waals surface area (Å²) in [5, 5.41) is 13.5. The summed E-state index contributed by atoms with van der Waals surface area (Å²) in [6.45, 7) is 16.4. The monoisotopic (exact) mass is 626 g/mol. The molecule has 3 rings (SSSR count). The second-order valence-electron chi connectivity index (χ2n) is 13.9. The number of aryl methyl sites for hydroxylation is 1. The number of nitrogens with one attached hydrogen (secondary N) is 3. The minimum Gasteiger partial charge on any atom is -0.449 e. The van der Waals surface area contributed by atoms with Gasteiger partial charge in [-0.1, -0.05) is 51.1 Å². The van der Waals surface area contributed by atoms with Gasteiger partial charge in [-0.25, -0.2) is 4.79 Å². The summed E-state index contributed by atoms with van der Waals surface area (Å²) in [6.07, 6.45) is 12.7. The van der Waals surface area contributed by atoms with E-state index in [1.165, 1.54) is 18.4 Å². The maximum atomic E-state index is 12.7. The summed E-state index contributed by atoms with van der Waals surface area (Å²) in [6, 6.07) is 10.1. The van der Waals surface area contributed by atoms with Gasteiger partial charge in [-0.05, 0) is 81.1 Å². The molecule has 1 aromatic heterocycles. The number of carbonyl (C=O) groups is 2. The first-order valence-electron chi connectivity index (χ1n) is 15.8.